The highest BCUT2D eigenvalue weighted by Crippen LogP contribution is 2.30. The van der Waals surface area contributed by atoms with E-state index in [1.54, 1.807) is 13.8 Å². The molecule has 0 fully saturated rings. The average molecular weight is 459 g/mol. The van der Waals surface area contributed by atoms with E-state index in [4.69, 9.17) is 0 Å². The Morgan fingerprint density at radius 3 is 2.65 bits per heavy atom. The van der Waals surface area contributed by atoms with E-state index in [1.807, 2.05) is 42.6 Å². The van der Waals surface area contributed by atoms with Gasteiger partial charge < -0.3 is 15.6 Å². The number of carbonyl (C=O) groups excluding carboxylic acids is 2. The SMILES string of the molecule is CCCNC(=O)[C@H](C)NC(=O)[C@@H](C)SCc1nc2scc(-c3ccccc3)c2c(=O)[nH]1. The quantitative estimate of drug-likeness (QED) is 0.456. The first-order chi connectivity index (χ1) is 14.9. The van der Waals surface area contributed by atoms with Gasteiger partial charge in [0, 0.05) is 17.5 Å². The van der Waals surface area contributed by atoms with E-state index >= 15 is 0 Å². The number of hydrogen-bond donors (Lipinski definition) is 3. The summed E-state index contributed by atoms with van der Waals surface area (Å²) in [6.45, 7) is 5.98. The van der Waals surface area contributed by atoms with Crippen LogP contribution in [0.25, 0.3) is 21.3 Å². The van der Waals surface area contributed by atoms with Gasteiger partial charge in [0.1, 0.15) is 16.7 Å². The van der Waals surface area contributed by atoms with Gasteiger partial charge in [-0.3, -0.25) is 14.4 Å². The number of thioether (sulfide) groups is 1. The Morgan fingerprint density at radius 2 is 1.94 bits per heavy atom. The fourth-order valence-corrected chi connectivity index (χ4v) is 4.70. The standard InChI is InChI=1S/C22H26N4O3S2/c1-4-10-23-19(27)13(2)24-20(28)14(3)30-12-17-25-21(29)18-16(11-31-22(18)26-17)15-8-6-5-7-9-15/h5-9,11,13-14H,4,10,12H2,1-3H3,(H,23,27)(H,24,28)(H,25,26,29)/t13-,14+/m0/s1. The van der Waals surface area contributed by atoms with Gasteiger partial charge in [-0.05, 0) is 25.8 Å². The van der Waals surface area contributed by atoms with Gasteiger partial charge in [0.25, 0.3) is 5.56 Å². The Labute approximate surface area is 189 Å². The minimum absolute atomic E-state index is 0.181. The van der Waals surface area contributed by atoms with Gasteiger partial charge in [-0.1, -0.05) is 37.3 Å². The molecule has 0 aliphatic carbocycles. The molecule has 2 amide bonds. The highest BCUT2D eigenvalue weighted by atomic mass is 32.2. The van der Waals surface area contributed by atoms with Gasteiger partial charge >= 0.3 is 0 Å². The lowest BCUT2D eigenvalue weighted by Gasteiger charge is -2.17. The molecular formula is C22H26N4O3S2. The van der Waals surface area contributed by atoms with Gasteiger partial charge in [-0.25, -0.2) is 4.98 Å². The highest BCUT2D eigenvalue weighted by molar-refractivity contribution is 7.99. The van der Waals surface area contributed by atoms with Gasteiger partial charge in [-0.2, -0.15) is 0 Å². The molecule has 0 aliphatic heterocycles. The molecule has 9 heteroatoms. The zero-order chi connectivity index (χ0) is 22.4. The normalized spacial score (nSPS) is 13.0. The predicted octanol–water partition coefficient (Wildman–Crippen LogP) is 3.30. The summed E-state index contributed by atoms with van der Waals surface area (Å²) in [5.74, 6) is 0.484. The topological polar surface area (TPSA) is 104 Å². The molecule has 3 rings (SSSR count). The lowest BCUT2D eigenvalue weighted by atomic mass is 10.1. The first-order valence-corrected chi connectivity index (χ1v) is 12.1. The van der Waals surface area contributed by atoms with Crippen LogP contribution in [0.1, 0.15) is 33.0 Å². The molecule has 0 aliphatic rings. The van der Waals surface area contributed by atoms with Crippen molar-refractivity contribution in [3.05, 3.63) is 51.9 Å². The van der Waals surface area contributed by atoms with Crippen molar-refractivity contribution in [2.24, 2.45) is 0 Å². The van der Waals surface area contributed by atoms with Crippen LogP contribution in [-0.4, -0.2) is 39.6 Å². The smallest absolute Gasteiger partial charge is 0.260 e. The summed E-state index contributed by atoms with van der Waals surface area (Å²) in [5.41, 5.74) is 1.67. The number of thiophene rings is 1. The van der Waals surface area contributed by atoms with E-state index in [2.05, 4.69) is 20.6 Å². The number of H-pyrrole nitrogens is 1. The Morgan fingerprint density at radius 1 is 1.19 bits per heavy atom. The number of aromatic amines is 1. The monoisotopic (exact) mass is 458 g/mol. The van der Waals surface area contributed by atoms with Crippen LogP contribution in [-0.2, 0) is 15.3 Å². The summed E-state index contributed by atoms with van der Waals surface area (Å²) in [6.07, 6.45) is 0.839. The molecule has 2 heterocycles. The summed E-state index contributed by atoms with van der Waals surface area (Å²) in [6, 6.07) is 9.14. The van der Waals surface area contributed by atoms with E-state index in [1.165, 1.54) is 23.1 Å². The van der Waals surface area contributed by atoms with Crippen LogP contribution in [0.5, 0.6) is 0 Å². The molecule has 0 saturated carbocycles. The highest BCUT2D eigenvalue weighted by Gasteiger charge is 2.20. The van der Waals surface area contributed by atoms with Gasteiger partial charge in [0.2, 0.25) is 11.8 Å². The zero-order valence-electron chi connectivity index (χ0n) is 17.7. The van der Waals surface area contributed by atoms with Crippen molar-refractivity contribution in [2.75, 3.05) is 6.54 Å². The zero-order valence-corrected chi connectivity index (χ0v) is 19.4. The second-order valence-electron chi connectivity index (χ2n) is 7.18. The van der Waals surface area contributed by atoms with Gasteiger partial charge in [0.15, 0.2) is 0 Å². The first kappa shape index (κ1) is 23.0. The lowest BCUT2D eigenvalue weighted by molar-refractivity contribution is -0.128. The number of rotatable bonds is 9. The molecule has 0 saturated heterocycles. The molecule has 0 unspecified atom stereocenters. The number of aromatic nitrogens is 2. The third kappa shape index (κ3) is 5.74. The van der Waals surface area contributed by atoms with E-state index < -0.39 is 11.3 Å². The van der Waals surface area contributed by atoms with Crippen molar-refractivity contribution in [1.82, 2.24) is 20.6 Å². The molecule has 31 heavy (non-hydrogen) atoms. The predicted molar refractivity (Wildman–Crippen MR) is 127 cm³/mol. The van der Waals surface area contributed by atoms with E-state index in [0.717, 1.165) is 17.5 Å². The third-order valence-electron chi connectivity index (χ3n) is 4.72. The Bertz CT molecular complexity index is 1110. The second kappa shape index (κ2) is 10.6. The van der Waals surface area contributed by atoms with Crippen LogP contribution in [0, 0.1) is 0 Å². The number of fused-ring (bicyclic) bond motifs is 1. The van der Waals surface area contributed by atoms with Crippen molar-refractivity contribution < 1.29 is 9.59 Å². The van der Waals surface area contributed by atoms with Crippen molar-refractivity contribution >= 4 is 45.1 Å². The molecule has 0 spiro atoms. The second-order valence-corrected chi connectivity index (χ2v) is 9.37. The van der Waals surface area contributed by atoms with Crippen LogP contribution in [0.3, 0.4) is 0 Å². The summed E-state index contributed by atoms with van der Waals surface area (Å²) >= 11 is 2.79. The van der Waals surface area contributed by atoms with Gasteiger partial charge in [0.05, 0.1) is 16.4 Å². The van der Waals surface area contributed by atoms with Crippen LogP contribution < -0.4 is 16.2 Å². The molecule has 3 N–H and O–H groups in total. The van der Waals surface area contributed by atoms with Crippen LogP contribution >= 0.6 is 23.1 Å². The lowest BCUT2D eigenvalue weighted by Crippen LogP contribution is -2.47. The number of nitrogens with one attached hydrogen (secondary N) is 3. The molecule has 3 aromatic rings. The van der Waals surface area contributed by atoms with E-state index in [-0.39, 0.29) is 17.4 Å². The molecule has 0 bridgehead atoms. The molecule has 0 radical (unpaired) electrons. The van der Waals surface area contributed by atoms with Gasteiger partial charge in [-0.15, -0.1) is 23.1 Å². The van der Waals surface area contributed by atoms with Crippen molar-refractivity contribution in [3.63, 3.8) is 0 Å². The fourth-order valence-electron chi connectivity index (χ4n) is 2.97. The number of benzene rings is 1. The Hall–Kier alpha value is -2.65. The summed E-state index contributed by atoms with van der Waals surface area (Å²) < 4.78 is 0. The van der Waals surface area contributed by atoms with Crippen molar-refractivity contribution in [1.29, 1.82) is 0 Å². The summed E-state index contributed by atoms with van der Waals surface area (Å²) in [4.78, 5) is 45.1. The molecule has 2 atom stereocenters. The molecular weight excluding hydrogens is 432 g/mol. The Kier molecular flexibility index (Phi) is 7.86. The minimum Gasteiger partial charge on any atom is -0.354 e. The van der Waals surface area contributed by atoms with E-state index in [0.29, 0.717) is 28.3 Å². The number of amides is 2. The summed E-state index contributed by atoms with van der Waals surface area (Å²) in [7, 11) is 0. The maximum Gasteiger partial charge on any atom is 0.260 e. The first-order valence-electron chi connectivity index (χ1n) is 10.2. The maximum absolute atomic E-state index is 12.7. The largest absolute Gasteiger partial charge is 0.354 e. The van der Waals surface area contributed by atoms with Crippen LogP contribution in [0.15, 0.2) is 40.5 Å². The number of nitrogens with zero attached hydrogens (tertiary/aromatic N) is 1. The molecule has 164 valence electrons. The molecule has 7 nitrogen and oxygen atoms in total. The molecule has 1 aromatic carbocycles. The molecule has 2 aromatic heterocycles. The Balaban J connectivity index is 1.64. The number of carbonyl (C=O) groups is 2. The minimum atomic E-state index is -0.598. The van der Waals surface area contributed by atoms with Crippen LogP contribution in [0.2, 0.25) is 0 Å². The van der Waals surface area contributed by atoms with Crippen molar-refractivity contribution in [2.45, 2.75) is 44.2 Å². The fraction of sp³-hybridized carbons (Fsp3) is 0.364. The van der Waals surface area contributed by atoms with Crippen LogP contribution in [0.4, 0.5) is 0 Å². The number of hydrogen-bond acceptors (Lipinski definition) is 6. The van der Waals surface area contributed by atoms with Crippen molar-refractivity contribution in [3.8, 4) is 11.1 Å². The average Bonchev–Trinajstić information content (AvgIpc) is 3.20. The summed E-state index contributed by atoms with van der Waals surface area (Å²) in [5, 5.41) is 7.62. The van der Waals surface area contributed by atoms with E-state index in [9.17, 15) is 14.4 Å². The third-order valence-corrected chi connectivity index (χ3v) is 6.74. The maximum atomic E-state index is 12.7.